The Morgan fingerprint density at radius 3 is 2.44 bits per heavy atom. The Kier molecular flexibility index (Phi) is 2.80. The van der Waals surface area contributed by atoms with E-state index in [4.69, 9.17) is 4.74 Å². The van der Waals surface area contributed by atoms with Gasteiger partial charge >= 0.3 is 0 Å². The van der Waals surface area contributed by atoms with Crippen LogP contribution in [0.3, 0.4) is 0 Å². The largest absolute Gasteiger partial charge is 0.497 e. The fourth-order valence-electron chi connectivity index (χ4n) is 2.00. The minimum absolute atomic E-state index is 0.916. The van der Waals surface area contributed by atoms with E-state index in [-0.39, 0.29) is 0 Å². The number of fused-ring (bicyclic) bond motifs is 1. The number of hydrogen-bond acceptors (Lipinski definition) is 2. The van der Waals surface area contributed by atoms with E-state index in [1.807, 2.05) is 6.07 Å². The molecule has 1 heterocycles. The molecule has 0 saturated carbocycles. The summed E-state index contributed by atoms with van der Waals surface area (Å²) >= 11 is 1.81. The van der Waals surface area contributed by atoms with Crippen molar-refractivity contribution in [2.75, 3.05) is 7.11 Å². The first-order chi connectivity index (χ1) is 8.76. The minimum Gasteiger partial charge on any atom is -0.497 e. The molecule has 2 aromatic carbocycles. The molecule has 0 saturated heterocycles. The number of aryl methyl sites for hydroxylation is 1. The third kappa shape index (κ3) is 2.00. The molecule has 3 aromatic rings. The first-order valence-electron chi connectivity index (χ1n) is 5.91. The van der Waals surface area contributed by atoms with Gasteiger partial charge in [0.05, 0.1) is 7.11 Å². The third-order valence-corrected chi connectivity index (χ3v) is 4.21. The van der Waals surface area contributed by atoms with Crippen molar-refractivity contribution in [3.05, 3.63) is 54.1 Å². The Bertz CT molecular complexity index is 680. The van der Waals surface area contributed by atoms with Crippen LogP contribution in [0.4, 0.5) is 0 Å². The van der Waals surface area contributed by atoms with Crippen LogP contribution in [0.25, 0.3) is 20.5 Å². The molecule has 0 atom stereocenters. The predicted octanol–water partition coefficient (Wildman–Crippen LogP) is 4.89. The van der Waals surface area contributed by atoms with E-state index in [9.17, 15) is 0 Å². The lowest BCUT2D eigenvalue weighted by Crippen LogP contribution is -1.79. The topological polar surface area (TPSA) is 9.23 Å². The van der Waals surface area contributed by atoms with Crippen LogP contribution in [0.1, 0.15) is 5.56 Å². The van der Waals surface area contributed by atoms with Crippen molar-refractivity contribution in [3.63, 3.8) is 0 Å². The second kappa shape index (κ2) is 4.46. The van der Waals surface area contributed by atoms with Gasteiger partial charge in [0.15, 0.2) is 0 Å². The zero-order chi connectivity index (χ0) is 12.5. The molecular weight excluding hydrogens is 240 g/mol. The van der Waals surface area contributed by atoms with Gasteiger partial charge in [0.2, 0.25) is 0 Å². The Morgan fingerprint density at radius 2 is 1.72 bits per heavy atom. The highest BCUT2D eigenvalue weighted by atomic mass is 32.1. The molecular formula is C16H14OS. The Hall–Kier alpha value is -1.80. The SMILES string of the molecule is COc1ccc2cc(-c3ccc(C)cc3)sc2c1. The van der Waals surface area contributed by atoms with Crippen molar-refractivity contribution in [3.8, 4) is 16.2 Å². The van der Waals surface area contributed by atoms with Crippen LogP contribution in [0.5, 0.6) is 5.75 Å². The summed E-state index contributed by atoms with van der Waals surface area (Å²) in [5, 5.41) is 1.27. The summed E-state index contributed by atoms with van der Waals surface area (Å²) in [4.78, 5) is 1.30. The van der Waals surface area contributed by atoms with E-state index in [1.165, 1.54) is 26.1 Å². The van der Waals surface area contributed by atoms with Gasteiger partial charge in [-0.1, -0.05) is 29.8 Å². The molecule has 18 heavy (non-hydrogen) atoms. The monoisotopic (exact) mass is 254 g/mol. The number of methoxy groups -OCH3 is 1. The second-order valence-electron chi connectivity index (χ2n) is 4.38. The van der Waals surface area contributed by atoms with Gasteiger partial charge in [-0.15, -0.1) is 11.3 Å². The van der Waals surface area contributed by atoms with E-state index in [1.54, 1.807) is 18.4 Å². The zero-order valence-corrected chi connectivity index (χ0v) is 11.3. The van der Waals surface area contributed by atoms with Crippen LogP contribution in [0.15, 0.2) is 48.5 Å². The predicted molar refractivity (Wildman–Crippen MR) is 78.6 cm³/mol. The molecule has 2 heteroatoms. The van der Waals surface area contributed by atoms with E-state index in [0.717, 1.165) is 5.75 Å². The molecule has 90 valence electrons. The highest BCUT2D eigenvalue weighted by molar-refractivity contribution is 7.22. The van der Waals surface area contributed by atoms with Crippen molar-refractivity contribution in [1.29, 1.82) is 0 Å². The van der Waals surface area contributed by atoms with Crippen LogP contribution in [-0.2, 0) is 0 Å². The highest BCUT2D eigenvalue weighted by Crippen LogP contribution is 2.35. The zero-order valence-electron chi connectivity index (χ0n) is 10.4. The Labute approximate surface area is 111 Å². The van der Waals surface area contributed by atoms with E-state index in [0.29, 0.717) is 0 Å². The molecule has 0 radical (unpaired) electrons. The maximum Gasteiger partial charge on any atom is 0.120 e. The highest BCUT2D eigenvalue weighted by Gasteiger charge is 2.05. The molecule has 1 aromatic heterocycles. The minimum atomic E-state index is 0.916. The van der Waals surface area contributed by atoms with Gasteiger partial charge in [-0.2, -0.15) is 0 Å². The van der Waals surface area contributed by atoms with E-state index >= 15 is 0 Å². The summed E-state index contributed by atoms with van der Waals surface area (Å²) in [5.41, 5.74) is 2.57. The number of ether oxygens (including phenoxy) is 1. The Balaban J connectivity index is 2.10. The fraction of sp³-hybridized carbons (Fsp3) is 0.125. The van der Waals surface area contributed by atoms with Gasteiger partial charge in [-0.25, -0.2) is 0 Å². The molecule has 0 fully saturated rings. The number of benzene rings is 2. The van der Waals surface area contributed by atoms with Crippen LogP contribution in [0, 0.1) is 6.92 Å². The lowest BCUT2D eigenvalue weighted by atomic mass is 10.1. The van der Waals surface area contributed by atoms with Gasteiger partial charge in [0.1, 0.15) is 5.75 Å². The lowest BCUT2D eigenvalue weighted by molar-refractivity contribution is 0.415. The van der Waals surface area contributed by atoms with Crippen molar-refractivity contribution < 1.29 is 4.74 Å². The summed E-state index contributed by atoms with van der Waals surface area (Å²) in [5.74, 6) is 0.916. The molecule has 0 aliphatic rings. The molecule has 1 nitrogen and oxygen atoms in total. The summed E-state index contributed by atoms with van der Waals surface area (Å²) in [6.07, 6.45) is 0. The molecule has 0 N–H and O–H groups in total. The number of rotatable bonds is 2. The molecule has 0 bridgehead atoms. The summed E-state index contributed by atoms with van der Waals surface area (Å²) < 4.78 is 6.53. The van der Waals surface area contributed by atoms with Gasteiger partial charge in [-0.05, 0) is 42.1 Å². The van der Waals surface area contributed by atoms with Crippen LogP contribution >= 0.6 is 11.3 Å². The molecule has 3 rings (SSSR count). The average molecular weight is 254 g/mol. The summed E-state index contributed by atoms with van der Waals surface area (Å²) in [6, 6.07) is 17.1. The lowest BCUT2D eigenvalue weighted by Gasteiger charge is -1.97. The van der Waals surface area contributed by atoms with Crippen molar-refractivity contribution >= 4 is 21.4 Å². The molecule has 0 unspecified atom stereocenters. The molecule has 0 aliphatic heterocycles. The van der Waals surface area contributed by atoms with E-state index < -0.39 is 0 Å². The van der Waals surface area contributed by atoms with Gasteiger partial charge in [0.25, 0.3) is 0 Å². The van der Waals surface area contributed by atoms with Crippen molar-refractivity contribution in [2.24, 2.45) is 0 Å². The third-order valence-electron chi connectivity index (χ3n) is 3.06. The normalized spacial score (nSPS) is 10.8. The molecule has 0 spiro atoms. The van der Waals surface area contributed by atoms with Crippen molar-refractivity contribution in [1.82, 2.24) is 0 Å². The smallest absolute Gasteiger partial charge is 0.120 e. The number of thiophene rings is 1. The van der Waals surface area contributed by atoms with Gasteiger partial charge in [0, 0.05) is 9.58 Å². The Morgan fingerprint density at radius 1 is 0.944 bits per heavy atom. The second-order valence-corrected chi connectivity index (χ2v) is 5.46. The van der Waals surface area contributed by atoms with Crippen molar-refractivity contribution in [2.45, 2.75) is 6.92 Å². The summed E-state index contributed by atoms with van der Waals surface area (Å²) in [7, 11) is 1.70. The maximum atomic E-state index is 5.26. The quantitative estimate of drug-likeness (QED) is 0.633. The van der Waals surface area contributed by atoms with Crippen LogP contribution in [-0.4, -0.2) is 7.11 Å². The molecule has 0 amide bonds. The average Bonchev–Trinajstić information content (AvgIpc) is 2.82. The first kappa shape index (κ1) is 11.3. The van der Waals surface area contributed by atoms with Gasteiger partial charge < -0.3 is 4.74 Å². The first-order valence-corrected chi connectivity index (χ1v) is 6.72. The number of hydrogen-bond donors (Lipinski definition) is 0. The van der Waals surface area contributed by atoms with E-state index in [2.05, 4.69) is 49.4 Å². The fourth-order valence-corrected chi connectivity index (χ4v) is 3.10. The van der Waals surface area contributed by atoms with Crippen LogP contribution in [0.2, 0.25) is 0 Å². The van der Waals surface area contributed by atoms with Gasteiger partial charge in [-0.3, -0.25) is 0 Å². The summed E-state index contributed by atoms with van der Waals surface area (Å²) in [6.45, 7) is 2.11. The maximum absolute atomic E-state index is 5.26. The molecule has 0 aliphatic carbocycles. The standard InChI is InChI=1S/C16H14OS/c1-11-3-5-12(6-4-11)15-9-13-7-8-14(17-2)10-16(13)18-15/h3-10H,1-2H3. The van der Waals surface area contributed by atoms with Crippen LogP contribution < -0.4 is 4.74 Å².